The highest BCUT2D eigenvalue weighted by Gasteiger charge is 2.01. The van der Waals surface area contributed by atoms with Gasteiger partial charge in [-0.25, -0.2) is 0 Å². The number of benzene rings is 1. The minimum absolute atomic E-state index is 0.591. The van der Waals surface area contributed by atoms with Crippen LogP contribution in [0.15, 0.2) is 30.6 Å². The Balaban J connectivity index is 2.11. The fourth-order valence-electron chi connectivity index (χ4n) is 1.54. The normalized spacial score (nSPS) is 9.88. The molecule has 5 nitrogen and oxygen atoms in total. The molecule has 2 rings (SSSR count). The first-order chi connectivity index (χ1) is 8.19. The van der Waals surface area contributed by atoms with E-state index in [0.29, 0.717) is 17.8 Å². The predicted octanol–water partition coefficient (Wildman–Crippen LogP) is 1.49. The topological polar surface area (TPSA) is 79.7 Å². The summed E-state index contributed by atoms with van der Waals surface area (Å²) in [5.74, 6) is 0. The maximum Gasteiger partial charge on any atom is 0.0992 e. The molecule has 0 bridgehead atoms. The van der Waals surface area contributed by atoms with Gasteiger partial charge in [0.2, 0.25) is 0 Å². The van der Waals surface area contributed by atoms with E-state index in [1.165, 1.54) is 0 Å². The van der Waals surface area contributed by atoms with Crippen molar-refractivity contribution >= 4 is 11.4 Å². The molecule has 17 heavy (non-hydrogen) atoms. The predicted molar refractivity (Wildman–Crippen MR) is 66.1 cm³/mol. The van der Waals surface area contributed by atoms with E-state index in [0.717, 1.165) is 11.3 Å². The lowest BCUT2D eigenvalue weighted by molar-refractivity contribution is 0.767. The third-order valence-electron chi connectivity index (χ3n) is 2.42. The van der Waals surface area contributed by atoms with Gasteiger partial charge in [-0.05, 0) is 18.2 Å². The maximum atomic E-state index is 8.81. The van der Waals surface area contributed by atoms with Crippen LogP contribution in [0.2, 0.25) is 0 Å². The first-order valence-corrected chi connectivity index (χ1v) is 5.20. The first kappa shape index (κ1) is 11.0. The van der Waals surface area contributed by atoms with Gasteiger partial charge in [0, 0.05) is 25.4 Å². The van der Waals surface area contributed by atoms with E-state index in [1.807, 2.05) is 13.2 Å². The summed E-state index contributed by atoms with van der Waals surface area (Å²) in [7, 11) is 1.87. The Bertz CT molecular complexity index is 565. The van der Waals surface area contributed by atoms with Crippen molar-refractivity contribution in [1.29, 1.82) is 5.26 Å². The van der Waals surface area contributed by atoms with Crippen LogP contribution in [-0.4, -0.2) is 9.78 Å². The molecule has 0 aliphatic heterocycles. The Kier molecular flexibility index (Phi) is 2.97. The van der Waals surface area contributed by atoms with Crippen LogP contribution in [0, 0.1) is 11.3 Å². The molecule has 0 saturated heterocycles. The second-order valence-electron chi connectivity index (χ2n) is 3.79. The zero-order valence-electron chi connectivity index (χ0n) is 9.51. The van der Waals surface area contributed by atoms with Gasteiger partial charge in [-0.2, -0.15) is 10.4 Å². The molecule has 0 atom stereocenters. The average Bonchev–Trinajstić information content (AvgIpc) is 2.74. The quantitative estimate of drug-likeness (QED) is 0.778. The van der Waals surface area contributed by atoms with Crippen molar-refractivity contribution in [3.8, 4) is 6.07 Å². The SMILES string of the molecule is Cn1cc(CNc2cc(C#N)ccc2N)cn1. The van der Waals surface area contributed by atoms with Crippen molar-refractivity contribution in [3.63, 3.8) is 0 Å². The largest absolute Gasteiger partial charge is 0.397 e. The molecule has 0 amide bonds. The number of nitrogens with two attached hydrogens (primary N) is 1. The molecule has 0 aliphatic rings. The van der Waals surface area contributed by atoms with Crippen molar-refractivity contribution in [2.45, 2.75) is 6.54 Å². The lowest BCUT2D eigenvalue weighted by Gasteiger charge is -2.08. The summed E-state index contributed by atoms with van der Waals surface area (Å²) < 4.78 is 1.74. The van der Waals surface area contributed by atoms with Crippen LogP contribution in [0.1, 0.15) is 11.1 Å². The Labute approximate surface area is 99.5 Å². The van der Waals surface area contributed by atoms with E-state index in [2.05, 4.69) is 16.5 Å². The summed E-state index contributed by atoms with van der Waals surface area (Å²) >= 11 is 0. The summed E-state index contributed by atoms with van der Waals surface area (Å²) in [6, 6.07) is 7.25. The lowest BCUT2D eigenvalue weighted by Crippen LogP contribution is -2.02. The first-order valence-electron chi connectivity index (χ1n) is 5.20. The van der Waals surface area contributed by atoms with E-state index in [-0.39, 0.29) is 0 Å². The summed E-state index contributed by atoms with van der Waals surface area (Å²) in [4.78, 5) is 0. The van der Waals surface area contributed by atoms with Gasteiger partial charge in [0.1, 0.15) is 0 Å². The summed E-state index contributed by atoms with van der Waals surface area (Å²) in [5.41, 5.74) is 8.88. The van der Waals surface area contributed by atoms with E-state index in [1.54, 1.807) is 29.1 Å². The number of nitrogens with zero attached hydrogens (tertiary/aromatic N) is 3. The van der Waals surface area contributed by atoms with Gasteiger partial charge in [0.15, 0.2) is 0 Å². The highest BCUT2D eigenvalue weighted by atomic mass is 15.2. The van der Waals surface area contributed by atoms with Crippen LogP contribution in [0.4, 0.5) is 11.4 Å². The molecule has 86 valence electrons. The van der Waals surface area contributed by atoms with Crippen molar-refractivity contribution in [2.24, 2.45) is 7.05 Å². The Morgan fingerprint density at radius 3 is 3.00 bits per heavy atom. The molecule has 2 aromatic rings. The highest BCUT2D eigenvalue weighted by molar-refractivity contribution is 5.68. The molecule has 0 aliphatic carbocycles. The van der Waals surface area contributed by atoms with Gasteiger partial charge in [-0.1, -0.05) is 0 Å². The molecule has 0 spiro atoms. The van der Waals surface area contributed by atoms with E-state index in [4.69, 9.17) is 11.0 Å². The molecule has 1 aromatic heterocycles. The van der Waals surface area contributed by atoms with Gasteiger partial charge < -0.3 is 11.1 Å². The standard InChI is InChI=1S/C12H13N5/c1-17-8-10(7-16-17)6-15-12-4-9(5-13)2-3-11(12)14/h2-4,7-8,15H,6,14H2,1H3. The van der Waals surface area contributed by atoms with Gasteiger partial charge in [0.05, 0.1) is 29.2 Å². The van der Waals surface area contributed by atoms with Crippen LogP contribution in [-0.2, 0) is 13.6 Å². The summed E-state index contributed by atoms with van der Waals surface area (Å²) in [6.07, 6.45) is 3.72. The molecule has 0 saturated carbocycles. The second-order valence-corrected chi connectivity index (χ2v) is 3.79. The number of nitriles is 1. The summed E-state index contributed by atoms with van der Waals surface area (Å²) in [5, 5.41) is 16.1. The van der Waals surface area contributed by atoms with Crippen LogP contribution in [0.5, 0.6) is 0 Å². The summed E-state index contributed by atoms with van der Waals surface area (Å²) in [6.45, 7) is 0.632. The zero-order chi connectivity index (χ0) is 12.3. The molecule has 1 heterocycles. The number of nitrogen functional groups attached to an aromatic ring is 1. The number of anilines is 2. The Hall–Kier alpha value is -2.48. The van der Waals surface area contributed by atoms with Gasteiger partial charge in [-0.3, -0.25) is 4.68 Å². The number of rotatable bonds is 3. The van der Waals surface area contributed by atoms with Crippen molar-refractivity contribution in [3.05, 3.63) is 41.7 Å². The fraction of sp³-hybridized carbons (Fsp3) is 0.167. The fourth-order valence-corrected chi connectivity index (χ4v) is 1.54. The number of nitrogens with one attached hydrogen (secondary N) is 1. The number of aryl methyl sites for hydroxylation is 1. The smallest absolute Gasteiger partial charge is 0.0992 e. The highest BCUT2D eigenvalue weighted by Crippen LogP contribution is 2.20. The third kappa shape index (κ3) is 2.55. The molecule has 3 N–H and O–H groups in total. The monoisotopic (exact) mass is 227 g/mol. The van der Waals surface area contributed by atoms with Gasteiger partial charge >= 0.3 is 0 Å². The van der Waals surface area contributed by atoms with E-state index in [9.17, 15) is 0 Å². The zero-order valence-corrected chi connectivity index (χ0v) is 9.51. The molecule has 0 radical (unpaired) electrons. The minimum Gasteiger partial charge on any atom is -0.397 e. The van der Waals surface area contributed by atoms with Crippen LogP contribution >= 0.6 is 0 Å². The van der Waals surface area contributed by atoms with Crippen molar-refractivity contribution in [2.75, 3.05) is 11.1 Å². The van der Waals surface area contributed by atoms with Crippen molar-refractivity contribution < 1.29 is 0 Å². The minimum atomic E-state index is 0.591. The maximum absolute atomic E-state index is 8.81. The number of aromatic nitrogens is 2. The van der Waals surface area contributed by atoms with Gasteiger partial charge in [0.25, 0.3) is 0 Å². The Morgan fingerprint density at radius 2 is 2.35 bits per heavy atom. The molecular weight excluding hydrogens is 214 g/mol. The van der Waals surface area contributed by atoms with Crippen LogP contribution in [0.25, 0.3) is 0 Å². The van der Waals surface area contributed by atoms with Crippen LogP contribution in [0.3, 0.4) is 0 Å². The average molecular weight is 227 g/mol. The molecule has 1 aromatic carbocycles. The molecule has 0 unspecified atom stereocenters. The van der Waals surface area contributed by atoms with E-state index < -0.39 is 0 Å². The molecule has 5 heteroatoms. The molecular formula is C12H13N5. The number of hydrogen-bond acceptors (Lipinski definition) is 4. The lowest BCUT2D eigenvalue weighted by atomic mass is 10.2. The number of hydrogen-bond donors (Lipinski definition) is 2. The second kappa shape index (κ2) is 4.58. The Morgan fingerprint density at radius 1 is 1.53 bits per heavy atom. The third-order valence-corrected chi connectivity index (χ3v) is 2.42. The molecule has 0 fully saturated rings. The van der Waals surface area contributed by atoms with Crippen molar-refractivity contribution in [1.82, 2.24) is 9.78 Å². The van der Waals surface area contributed by atoms with E-state index >= 15 is 0 Å². The van der Waals surface area contributed by atoms with Crippen LogP contribution < -0.4 is 11.1 Å². The van der Waals surface area contributed by atoms with Gasteiger partial charge in [-0.15, -0.1) is 0 Å².